The van der Waals surface area contributed by atoms with Crippen molar-refractivity contribution < 1.29 is 4.79 Å². The highest BCUT2D eigenvalue weighted by Gasteiger charge is 2.12. The van der Waals surface area contributed by atoms with Gasteiger partial charge in [0.25, 0.3) is 5.91 Å². The Morgan fingerprint density at radius 1 is 1.64 bits per heavy atom. The fourth-order valence-corrected chi connectivity index (χ4v) is 2.14. The first-order valence-electron chi connectivity index (χ1n) is 4.12. The van der Waals surface area contributed by atoms with E-state index in [0.717, 1.165) is 4.90 Å². The molecule has 0 aliphatic rings. The third kappa shape index (κ3) is 2.89. The quantitative estimate of drug-likeness (QED) is 0.811. The van der Waals surface area contributed by atoms with Crippen molar-refractivity contribution >= 4 is 29.3 Å². The molecule has 1 amide bonds. The van der Waals surface area contributed by atoms with Gasteiger partial charge in [0.05, 0.1) is 5.02 Å². The van der Waals surface area contributed by atoms with Crippen molar-refractivity contribution in [1.82, 2.24) is 4.98 Å². The molecular weight excluding hydrogens is 220 g/mol. The zero-order valence-corrected chi connectivity index (χ0v) is 9.52. The average molecular weight is 231 g/mol. The molecule has 0 atom stereocenters. The average Bonchev–Trinajstić information content (AvgIpc) is 2.01. The standard InChI is InChI=1S/C9H11ClN2OS/c1-5(2)14-7-3-6(10)4-12-8(7)9(11)13/h3-5H,1-2H3,(H2,11,13). The van der Waals surface area contributed by atoms with Crippen LogP contribution in [0.15, 0.2) is 17.2 Å². The lowest BCUT2D eigenvalue weighted by molar-refractivity contribution is 0.0992. The van der Waals surface area contributed by atoms with Crippen LogP contribution in [0.25, 0.3) is 0 Å². The number of halogens is 1. The Labute approximate surface area is 92.0 Å². The number of amides is 1. The molecule has 76 valence electrons. The summed E-state index contributed by atoms with van der Waals surface area (Å²) in [6.07, 6.45) is 1.42. The van der Waals surface area contributed by atoms with Crippen LogP contribution in [-0.4, -0.2) is 16.1 Å². The number of nitrogens with zero attached hydrogens (tertiary/aromatic N) is 1. The number of hydrogen-bond donors (Lipinski definition) is 1. The highest BCUT2D eigenvalue weighted by Crippen LogP contribution is 2.27. The number of hydrogen-bond acceptors (Lipinski definition) is 3. The van der Waals surface area contributed by atoms with E-state index in [4.69, 9.17) is 17.3 Å². The highest BCUT2D eigenvalue weighted by atomic mass is 35.5. The first-order chi connectivity index (χ1) is 6.50. The summed E-state index contributed by atoms with van der Waals surface area (Å²) in [7, 11) is 0. The molecule has 1 aromatic heterocycles. The van der Waals surface area contributed by atoms with Crippen molar-refractivity contribution in [2.45, 2.75) is 24.0 Å². The van der Waals surface area contributed by atoms with E-state index in [1.54, 1.807) is 6.07 Å². The van der Waals surface area contributed by atoms with Gasteiger partial charge in [0.1, 0.15) is 5.69 Å². The van der Waals surface area contributed by atoms with Crippen LogP contribution in [0, 0.1) is 0 Å². The maximum absolute atomic E-state index is 11.0. The Hall–Kier alpha value is -0.740. The summed E-state index contributed by atoms with van der Waals surface area (Å²) in [4.78, 5) is 15.7. The number of aromatic nitrogens is 1. The second-order valence-corrected chi connectivity index (χ2v) is 5.09. The summed E-state index contributed by atoms with van der Waals surface area (Å²) < 4.78 is 0. The molecule has 0 aliphatic carbocycles. The van der Waals surface area contributed by atoms with E-state index in [-0.39, 0.29) is 5.69 Å². The fraction of sp³-hybridized carbons (Fsp3) is 0.333. The van der Waals surface area contributed by atoms with E-state index in [1.165, 1.54) is 18.0 Å². The molecule has 0 aromatic carbocycles. The van der Waals surface area contributed by atoms with Crippen LogP contribution in [0.4, 0.5) is 0 Å². The Bertz CT molecular complexity index is 355. The molecule has 0 aliphatic heterocycles. The van der Waals surface area contributed by atoms with Gasteiger partial charge < -0.3 is 5.73 Å². The normalized spacial score (nSPS) is 10.6. The Morgan fingerprint density at radius 3 is 2.79 bits per heavy atom. The molecule has 0 fully saturated rings. The third-order valence-electron chi connectivity index (χ3n) is 1.42. The smallest absolute Gasteiger partial charge is 0.268 e. The van der Waals surface area contributed by atoms with E-state index >= 15 is 0 Å². The molecule has 14 heavy (non-hydrogen) atoms. The molecular formula is C9H11ClN2OS. The maximum atomic E-state index is 11.0. The van der Waals surface area contributed by atoms with Crippen molar-refractivity contribution in [1.29, 1.82) is 0 Å². The lowest BCUT2D eigenvalue weighted by Gasteiger charge is -2.07. The van der Waals surface area contributed by atoms with Gasteiger partial charge in [-0.05, 0) is 6.07 Å². The molecule has 1 rings (SSSR count). The van der Waals surface area contributed by atoms with E-state index in [0.29, 0.717) is 10.3 Å². The topological polar surface area (TPSA) is 56.0 Å². The van der Waals surface area contributed by atoms with Crippen molar-refractivity contribution in [3.05, 3.63) is 23.0 Å². The monoisotopic (exact) mass is 230 g/mol. The molecule has 0 unspecified atom stereocenters. The number of nitrogens with two attached hydrogens (primary N) is 1. The van der Waals surface area contributed by atoms with Gasteiger partial charge in [-0.1, -0.05) is 25.4 Å². The van der Waals surface area contributed by atoms with Crippen LogP contribution in [0.5, 0.6) is 0 Å². The van der Waals surface area contributed by atoms with Gasteiger partial charge in [-0.15, -0.1) is 11.8 Å². The molecule has 5 heteroatoms. The zero-order valence-electron chi connectivity index (χ0n) is 7.95. The highest BCUT2D eigenvalue weighted by molar-refractivity contribution is 8.00. The molecule has 0 radical (unpaired) electrons. The van der Waals surface area contributed by atoms with Crippen LogP contribution in [0.2, 0.25) is 5.02 Å². The minimum atomic E-state index is -0.523. The van der Waals surface area contributed by atoms with Gasteiger partial charge >= 0.3 is 0 Å². The van der Waals surface area contributed by atoms with Gasteiger partial charge in [0, 0.05) is 16.3 Å². The van der Waals surface area contributed by atoms with E-state index in [9.17, 15) is 4.79 Å². The second-order valence-electron chi connectivity index (χ2n) is 3.03. The van der Waals surface area contributed by atoms with Crippen LogP contribution < -0.4 is 5.73 Å². The summed E-state index contributed by atoms with van der Waals surface area (Å²) in [5.74, 6) is -0.523. The van der Waals surface area contributed by atoms with Gasteiger partial charge in [-0.2, -0.15) is 0 Å². The first kappa shape index (κ1) is 11.3. The minimum Gasteiger partial charge on any atom is -0.364 e. The summed E-state index contributed by atoms with van der Waals surface area (Å²) in [5, 5.41) is 0.867. The molecule has 3 nitrogen and oxygen atoms in total. The van der Waals surface area contributed by atoms with Gasteiger partial charge in [-0.3, -0.25) is 4.79 Å². The SMILES string of the molecule is CC(C)Sc1cc(Cl)cnc1C(N)=O. The van der Waals surface area contributed by atoms with Gasteiger partial charge in [-0.25, -0.2) is 4.98 Å². The number of rotatable bonds is 3. The summed E-state index contributed by atoms with van der Waals surface area (Å²) >= 11 is 7.30. The van der Waals surface area contributed by atoms with Crippen LogP contribution >= 0.6 is 23.4 Å². The van der Waals surface area contributed by atoms with Gasteiger partial charge in [0.15, 0.2) is 0 Å². The molecule has 0 spiro atoms. The molecule has 1 aromatic rings. The van der Waals surface area contributed by atoms with Gasteiger partial charge in [0.2, 0.25) is 0 Å². The number of carbonyl (C=O) groups excluding carboxylic acids is 1. The zero-order chi connectivity index (χ0) is 10.7. The number of carbonyl (C=O) groups is 1. The number of primary amides is 1. The first-order valence-corrected chi connectivity index (χ1v) is 5.38. The van der Waals surface area contributed by atoms with Crippen molar-refractivity contribution in [3.8, 4) is 0 Å². The van der Waals surface area contributed by atoms with Crippen LogP contribution in [0.3, 0.4) is 0 Å². The summed E-state index contributed by atoms with van der Waals surface area (Å²) in [6.45, 7) is 4.05. The maximum Gasteiger partial charge on any atom is 0.268 e. The van der Waals surface area contributed by atoms with Crippen LogP contribution in [0.1, 0.15) is 24.3 Å². The molecule has 0 saturated carbocycles. The summed E-state index contributed by atoms with van der Waals surface area (Å²) in [6, 6.07) is 1.71. The predicted octanol–water partition coefficient (Wildman–Crippen LogP) is 2.33. The number of thioether (sulfide) groups is 1. The van der Waals surface area contributed by atoms with E-state index in [1.807, 2.05) is 13.8 Å². The lowest BCUT2D eigenvalue weighted by Crippen LogP contribution is -2.14. The Morgan fingerprint density at radius 2 is 2.29 bits per heavy atom. The minimum absolute atomic E-state index is 0.285. The lowest BCUT2D eigenvalue weighted by atomic mass is 10.3. The van der Waals surface area contributed by atoms with Crippen molar-refractivity contribution in [3.63, 3.8) is 0 Å². The van der Waals surface area contributed by atoms with Crippen molar-refractivity contribution in [2.24, 2.45) is 5.73 Å². The molecule has 1 heterocycles. The van der Waals surface area contributed by atoms with E-state index < -0.39 is 5.91 Å². The predicted molar refractivity (Wildman–Crippen MR) is 58.8 cm³/mol. The summed E-state index contributed by atoms with van der Waals surface area (Å²) in [5.41, 5.74) is 5.47. The van der Waals surface area contributed by atoms with Crippen molar-refractivity contribution in [2.75, 3.05) is 0 Å². The second kappa shape index (κ2) is 4.66. The Balaban J connectivity index is 3.09. The number of pyridine rings is 1. The van der Waals surface area contributed by atoms with E-state index in [2.05, 4.69) is 4.98 Å². The largest absolute Gasteiger partial charge is 0.364 e. The Kier molecular flexibility index (Phi) is 3.77. The molecule has 2 N–H and O–H groups in total. The van der Waals surface area contributed by atoms with Crippen LogP contribution in [-0.2, 0) is 0 Å². The fourth-order valence-electron chi connectivity index (χ4n) is 0.950. The molecule has 0 bridgehead atoms. The molecule has 0 saturated heterocycles. The third-order valence-corrected chi connectivity index (χ3v) is 2.66.